The number of aromatic nitrogens is 2. The van der Waals surface area contributed by atoms with Crippen LogP contribution in [0.5, 0.6) is 0 Å². The van der Waals surface area contributed by atoms with Gasteiger partial charge in [-0.3, -0.25) is 9.59 Å². The van der Waals surface area contributed by atoms with E-state index in [1.165, 1.54) is 10.7 Å². The monoisotopic (exact) mass is 333 g/mol. The quantitative estimate of drug-likeness (QED) is 0.612. The van der Waals surface area contributed by atoms with Crippen molar-refractivity contribution in [1.82, 2.24) is 15.1 Å². The van der Waals surface area contributed by atoms with E-state index in [0.717, 1.165) is 10.5 Å². The zero-order valence-electron chi connectivity index (χ0n) is 13.1. The molecule has 0 aliphatic carbocycles. The third-order valence-electron chi connectivity index (χ3n) is 3.17. The standard InChI is InChI=1S/C16H19N3O3S/c1-22-10-9-17-15(20)11-19-16(21)8-7-14(18-19)12-3-5-13(23-2)6-4-12/h3-8H,9-11H2,1-2H3,(H,17,20). The van der Waals surface area contributed by atoms with E-state index < -0.39 is 0 Å². The first-order valence-electron chi connectivity index (χ1n) is 7.12. The van der Waals surface area contributed by atoms with E-state index in [2.05, 4.69) is 10.4 Å². The van der Waals surface area contributed by atoms with Crippen LogP contribution in [0.25, 0.3) is 11.3 Å². The molecule has 1 amide bonds. The smallest absolute Gasteiger partial charge is 0.267 e. The first-order chi connectivity index (χ1) is 11.1. The summed E-state index contributed by atoms with van der Waals surface area (Å²) in [6, 6.07) is 11.0. The Morgan fingerprint density at radius 2 is 2.00 bits per heavy atom. The van der Waals surface area contributed by atoms with Crippen molar-refractivity contribution in [3.8, 4) is 11.3 Å². The highest BCUT2D eigenvalue weighted by atomic mass is 32.2. The first kappa shape index (κ1) is 17.2. The molecule has 122 valence electrons. The van der Waals surface area contributed by atoms with E-state index in [0.29, 0.717) is 18.8 Å². The molecule has 0 bridgehead atoms. The van der Waals surface area contributed by atoms with Gasteiger partial charge in [0.15, 0.2) is 0 Å². The Morgan fingerprint density at radius 3 is 2.65 bits per heavy atom. The maximum atomic E-state index is 11.9. The van der Waals surface area contributed by atoms with Crippen LogP contribution in [0.1, 0.15) is 0 Å². The summed E-state index contributed by atoms with van der Waals surface area (Å²) in [6.45, 7) is 0.717. The summed E-state index contributed by atoms with van der Waals surface area (Å²) in [6.07, 6.45) is 2.01. The van der Waals surface area contributed by atoms with Crippen LogP contribution in [0.15, 0.2) is 46.1 Å². The number of nitrogens with zero attached hydrogens (tertiary/aromatic N) is 2. The number of hydrogen-bond donors (Lipinski definition) is 1. The lowest BCUT2D eigenvalue weighted by atomic mass is 10.1. The number of rotatable bonds is 7. The van der Waals surface area contributed by atoms with Crippen molar-refractivity contribution in [3.63, 3.8) is 0 Å². The van der Waals surface area contributed by atoms with E-state index in [1.54, 1.807) is 24.9 Å². The van der Waals surface area contributed by atoms with Gasteiger partial charge in [0.25, 0.3) is 5.56 Å². The predicted octanol–water partition coefficient (Wildman–Crippen LogP) is 1.39. The molecular formula is C16H19N3O3S. The molecule has 1 N–H and O–H groups in total. The Balaban J connectivity index is 2.14. The Morgan fingerprint density at radius 1 is 1.26 bits per heavy atom. The molecular weight excluding hydrogens is 314 g/mol. The maximum Gasteiger partial charge on any atom is 0.267 e. The number of carbonyl (C=O) groups excluding carboxylic acids is 1. The van der Waals surface area contributed by atoms with Crippen LogP contribution in [0.3, 0.4) is 0 Å². The molecule has 1 heterocycles. The van der Waals surface area contributed by atoms with Gasteiger partial charge < -0.3 is 10.1 Å². The van der Waals surface area contributed by atoms with Crippen LogP contribution in [0, 0.1) is 0 Å². The Labute approximate surface area is 138 Å². The number of thioether (sulfide) groups is 1. The molecule has 2 aromatic rings. The molecule has 0 aliphatic rings. The molecule has 23 heavy (non-hydrogen) atoms. The van der Waals surface area contributed by atoms with Gasteiger partial charge in [0.1, 0.15) is 6.54 Å². The van der Waals surface area contributed by atoms with Crippen LogP contribution in [-0.2, 0) is 16.1 Å². The minimum Gasteiger partial charge on any atom is -0.383 e. The van der Waals surface area contributed by atoms with Crippen LogP contribution in [-0.4, -0.2) is 42.2 Å². The zero-order chi connectivity index (χ0) is 16.7. The first-order valence-corrected chi connectivity index (χ1v) is 8.34. The van der Waals surface area contributed by atoms with Crippen LogP contribution in [0.2, 0.25) is 0 Å². The topological polar surface area (TPSA) is 73.2 Å². The fraction of sp³-hybridized carbons (Fsp3) is 0.312. The third kappa shape index (κ3) is 4.94. The van der Waals surface area contributed by atoms with Crippen molar-refractivity contribution in [2.75, 3.05) is 26.5 Å². The Hall–Kier alpha value is -2.12. The highest BCUT2D eigenvalue weighted by Gasteiger charge is 2.07. The number of amides is 1. The predicted molar refractivity (Wildman–Crippen MR) is 90.6 cm³/mol. The molecule has 1 aromatic heterocycles. The normalized spacial score (nSPS) is 10.5. The van der Waals surface area contributed by atoms with Gasteiger partial charge >= 0.3 is 0 Å². The lowest BCUT2D eigenvalue weighted by Gasteiger charge is -2.08. The van der Waals surface area contributed by atoms with Crippen molar-refractivity contribution < 1.29 is 9.53 Å². The molecule has 0 fully saturated rings. The van der Waals surface area contributed by atoms with Crippen molar-refractivity contribution >= 4 is 17.7 Å². The van der Waals surface area contributed by atoms with Gasteiger partial charge in [0.05, 0.1) is 12.3 Å². The lowest BCUT2D eigenvalue weighted by molar-refractivity contribution is -0.122. The number of carbonyl (C=O) groups is 1. The fourth-order valence-electron chi connectivity index (χ4n) is 1.96. The van der Waals surface area contributed by atoms with Crippen LogP contribution < -0.4 is 10.9 Å². The number of nitrogens with one attached hydrogen (secondary N) is 1. The van der Waals surface area contributed by atoms with Gasteiger partial charge in [0, 0.05) is 30.2 Å². The molecule has 7 heteroatoms. The molecule has 0 spiro atoms. The Kier molecular flexibility index (Phi) is 6.37. The zero-order valence-corrected chi connectivity index (χ0v) is 13.9. The summed E-state index contributed by atoms with van der Waals surface area (Å²) in [5.74, 6) is -0.272. The van der Waals surface area contributed by atoms with E-state index in [1.807, 2.05) is 30.5 Å². The van der Waals surface area contributed by atoms with Crippen molar-refractivity contribution in [2.24, 2.45) is 0 Å². The Bertz CT molecular complexity index is 713. The largest absolute Gasteiger partial charge is 0.383 e. The van der Waals surface area contributed by atoms with E-state index in [9.17, 15) is 9.59 Å². The molecule has 0 atom stereocenters. The molecule has 0 unspecified atom stereocenters. The van der Waals surface area contributed by atoms with Crippen LogP contribution in [0.4, 0.5) is 0 Å². The molecule has 0 saturated carbocycles. The second kappa shape index (κ2) is 8.50. The summed E-state index contributed by atoms with van der Waals surface area (Å²) < 4.78 is 6.03. The van der Waals surface area contributed by atoms with Crippen molar-refractivity contribution in [2.45, 2.75) is 11.4 Å². The van der Waals surface area contributed by atoms with Gasteiger partial charge in [-0.15, -0.1) is 11.8 Å². The van der Waals surface area contributed by atoms with Gasteiger partial charge in [-0.2, -0.15) is 5.10 Å². The summed E-state index contributed by atoms with van der Waals surface area (Å²) in [4.78, 5) is 24.8. The summed E-state index contributed by atoms with van der Waals surface area (Å²) in [7, 11) is 1.56. The summed E-state index contributed by atoms with van der Waals surface area (Å²) in [5.41, 5.74) is 1.25. The van der Waals surface area contributed by atoms with Gasteiger partial charge in [0.2, 0.25) is 5.91 Å². The third-order valence-corrected chi connectivity index (χ3v) is 3.92. The number of benzene rings is 1. The molecule has 0 radical (unpaired) electrons. The van der Waals surface area contributed by atoms with Crippen molar-refractivity contribution in [1.29, 1.82) is 0 Å². The lowest BCUT2D eigenvalue weighted by Crippen LogP contribution is -2.35. The number of methoxy groups -OCH3 is 1. The van der Waals surface area contributed by atoms with E-state index >= 15 is 0 Å². The minimum atomic E-state index is -0.309. The molecule has 0 aliphatic heterocycles. The summed E-state index contributed by atoms with van der Waals surface area (Å²) >= 11 is 1.66. The van der Waals surface area contributed by atoms with Gasteiger partial charge in [-0.1, -0.05) is 12.1 Å². The highest BCUT2D eigenvalue weighted by Crippen LogP contribution is 2.20. The van der Waals surface area contributed by atoms with E-state index in [4.69, 9.17) is 4.74 Å². The second-order valence-corrected chi connectivity index (χ2v) is 5.67. The fourth-order valence-corrected chi connectivity index (χ4v) is 2.37. The second-order valence-electron chi connectivity index (χ2n) is 4.79. The molecule has 0 saturated heterocycles. The molecule has 2 rings (SSSR count). The molecule has 1 aromatic carbocycles. The average Bonchev–Trinajstić information content (AvgIpc) is 2.57. The van der Waals surface area contributed by atoms with Crippen LogP contribution >= 0.6 is 11.8 Å². The van der Waals surface area contributed by atoms with E-state index in [-0.39, 0.29) is 18.0 Å². The van der Waals surface area contributed by atoms with Crippen molar-refractivity contribution in [3.05, 3.63) is 46.8 Å². The molecule has 6 nitrogen and oxygen atoms in total. The number of hydrogen-bond acceptors (Lipinski definition) is 5. The van der Waals surface area contributed by atoms with Gasteiger partial charge in [-0.25, -0.2) is 4.68 Å². The highest BCUT2D eigenvalue weighted by molar-refractivity contribution is 7.98. The van der Waals surface area contributed by atoms with Gasteiger partial charge in [-0.05, 0) is 24.5 Å². The maximum absolute atomic E-state index is 11.9. The average molecular weight is 333 g/mol. The summed E-state index contributed by atoms with van der Waals surface area (Å²) in [5, 5.41) is 6.94. The number of ether oxygens (including phenoxy) is 1. The minimum absolute atomic E-state index is 0.112. The SMILES string of the molecule is COCCNC(=O)Cn1nc(-c2ccc(SC)cc2)ccc1=O.